The van der Waals surface area contributed by atoms with Crippen LogP contribution in [-0.4, -0.2) is 54.5 Å². The molecule has 6 nitrogen and oxygen atoms in total. The first-order chi connectivity index (χ1) is 9.48. The van der Waals surface area contributed by atoms with Gasteiger partial charge in [0.15, 0.2) is 0 Å². The van der Waals surface area contributed by atoms with E-state index in [2.05, 4.69) is 14.7 Å². The number of rotatable bonds is 6. The highest BCUT2D eigenvalue weighted by Crippen LogP contribution is 2.12. The van der Waals surface area contributed by atoms with Crippen molar-refractivity contribution >= 4 is 21.6 Å². The molecule has 0 spiro atoms. The Bertz CT molecular complexity index is 523. The SMILES string of the molecule is CCS(=O)(=O)NC1CCN(CCn2cc(Cl)cn2)CC1. The quantitative estimate of drug-likeness (QED) is 0.847. The van der Waals surface area contributed by atoms with Crippen molar-refractivity contribution in [3.05, 3.63) is 17.4 Å². The predicted molar refractivity (Wildman–Crippen MR) is 79.3 cm³/mol. The van der Waals surface area contributed by atoms with Gasteiger partial charge in [-0.15, -0.1) is 0 Å². The van der Waals surface area contributed by atoms with E-state index in [0.717, 1.165) is 39.0 Å². The van der Waals surface area contributed by atoms with Crippen LogP contribution in [0.5, 0.6) is 0 Å². The van der Waals surface area contributed by atoms with E-state index >= 15 is 0 Å². The van der Waals surface area contributed by atoms with E-state index in [4.69, 9.17) is 11.6 Å². The van der Waals surface area contributed by atoms with Crippen LogP contribution >= 0.6 is 11.6 Å². The lowest BCUT2D eigenvalue weighted by molar-refractivity contribution is 0.198. The third-order valence-electron chi connectivity index (χ3n) is 3.56. The summed E-state index contributed by atoms with van der Waals surface area (Å²) < 4.78 is 27.6. The summed E-state index contributed by atoms with van der Waals surface area (Å²) in [5, 5.41) is 4.79. The maximum absolute atomic E-state index is 11.5. The molecule has 0 radical (unpaired) electrons. The molecule has 114 valence electrons. The zero-order valence-electron chi connectivity index (χ0n) is 11.6. The van der Waals surface area contributed by atoms with Crippen molar-refractivity contribution in [1.29, 1.82) is 0 Å². The van der Waals surface area contributed by atoms with E-state index in [1.165, 1.54) is 0 Å². The van der Waals surface area contributed by atoms with Crippen LogP contribution in [0.2, 0.25) is 5.02 Å². The summed E-state index contributed by atoms with van der Waals surface area (Å²) in [5.41, 5.74) is 0. The molecule has 1 N–H and O–H groups in total. The van der Waals surface area contributed by atoms with E-state index in [-0.39, 0.29) is 11.8 Å². The number of halogens is 1. The average molecular weight is 321 g/mol. The smallest absolute Gasteiger partial charge is 0.211 e. The van der Waals surface area contributed by atoms with Crippen LogP contribution in [0, 0.1) is 0 Å². The molecular weight excluding hydrogens is 300 g/mol. The molecule has 1 aromatic rings. The summed E-state index contributed by atoms with van der Waals surface area (Å²) in [6, 6.07) is 0.0790. The van der Waals surface area contributed by atoms with Crippen LogP contribution in [0.25, 0.3) is 0 Å². The lowest BCUT2D eigenvalue weighted by Gasteiger charge is -2.32. The fourth-order valence-corrected chi connectivity index (χ4v) is 3.38. The second kappa shape index (κ2) is 6.89. The zero-order valence-corrected chi connectivity index (χ0v) is 13.2. The molecule has 0 atom stereocenters. The minimum atomic E-state index is -3.09. The normalized spacial score (nSPS) is 18.5. The van der Waals surface area contributed by atoms with Crippen molar-refractivity contribution < 1.29 is 8.42 Å². The van der Waals surface area contributed by atoms with Gasteiger partial charge in [-0.3, -0.25) is 4.68 Å². The van der Waals surface area contributed by atoms with Crippen molar-refractivity contribution in [2.24, 2.45) is 0 Å². The average Bonchev–Trinajstić information content (AvgIpc) is 2.83. The van der Waals surface area contributed by atoms with Gasteiger partial charge in [-0.25, -0.2) is 13.1 Å². The Morgan fingerprint density at radius 1 is 1.40 bits per heavy atom. The van der Waals surface area contributed by atoms with Gasteiger partial charge in [0.2, 0.25) is 10.0 Å². The Morgan fingerprint density at radius 3 is 2.65 bits per heavy atom. The molecule has 0 bridgehead atoms. The molecule has 0 aromatic carbocycles. The van der Waals surface area contributed by atoms with Crippen LogP contribution < -0.4 is 4.72 Å². The molecule has 2 rings (SSSR count). The van der Waals surface area contributed by atoms with Crippen LogP contribution in [0.15, 0.2) is 12.4 Å². The Morgan fingerprint density at radius 2 is 2.10 bits per heavy atom. The molecule has 1 aliphatic rings. The minimum absolute atomic E-state index is 0.0790. The second-order valence-electron chi connectivity index (χ2n) is 5.06. The van der Waals surface area contributed by atoms with Gasteiger partial charge in [-0.1, -0.05) is 11.6 Å². The first-order valence-electron chi connectivity index (χ1n) is 6.89. The molecule has 1 aliphatic heterocycles. The van der Waals surface area contributed by atoms with Crippen molar-refractivity contribution in [3.8, 4) is 0 Å². The molecule has 0 unspecified atom stereocenters. The maximum Gasteiger partial charge on any atom is 0.211 e. The first kappa shape index (κ1) is 15.8. The molecule has 1 aromatic heterocycles. The first-order valence-corrected chi connectivity index (χ1v) is 8.92. The van der Waals surface area contributed by atoms with Gasteiger partial charge < -0.3 is 4.90 Å². The Balaban J connectivity index is 1.71. The highest BCUT2D eigenvalue weighted by molar-refractivity contribution is 7.89. The minimum Gasteiger partial charge on any atom is -0.301 e. The lowest BCUT2D eigenvalue weighted by Crippen LogP contribution is -2.45. The molecule has 1 saturated heterocycles. The van der Waals surface area contributed by atoms with Crippen molar-refractivity contribution in [2.75, 3.05) is 25.4 Å². The predicted octanol–water partition coefficient (Wildman–Crippen LogP) is 0.940. The highest BCUT2D eigenvalue weighted by atomic mass is 35.5. The largest absolute Gasteiger partial charge is 0.301 e. The second-order valence-corrected chi connectivity index (χ2v) is 7.54. The van der Waals surface area contributed by atoms with Gasteiger partial charge in [-0.2, -0.15) is 5.10 Å². The van der Waals surface area contributed by atoms with Gasteiger partial charge >= 0.3 is 0 Å². The summed E-state index contributed by atoms with van der Waals surface area (Å²) in [7, 11) is -3.09. The number of nitrogens with zero attached hydrogens (tertiary/aromatic N) is 3. The Hall–Kier alpha value is -0.630. The zero-order chi connectivity index (χ0) is 14.6. The molecule has 20 heavy (non-hydrogen) atoms. The third-order valence-corrected chi connectivity index (χ3v) is 5.21. The number of hydrogen-bond acceptors (Lipinski definition) is 4. The third kappa shape index (κ3) is 4.73. The maximum atomic E-state index is 11.5. The van der Waals surface area contributed by atoms with E-state index in [9.17, 15) is 8.42 Å². The number of hydrogen-bond donors (Lipinski definition) is 1. The Kier molecular flexibility index (Phi) is 5.42. The summed E-state index contributed by atoms with van der Waals surface area (Å²) in [4.78, 5) is 2.33. The van der Waals surface area contributed by atoms with Gasteiger partial charge in [0, 0.05) is 18.8 Å². The summed E-state index contributed by atoms with van der Waals surface area (Å²) in [6.45, 7) is 5.19. The van der Waals surface area contributed by atoms with Gasteiger partial charge in [-0.05, 0) is 32.9 Å². The van der Waals surface area contributed by atoms with Gasteiger partial charge in [0.1, 0.15) is 0 Å². The fourth-order valence-electron chi connectivity index (χ4n) is 2.32. The van der Waals surface area contributed by atoms with Crippen molar-refractivity contribution in [2.45, 2.75) is 32.4 Å². The van der Waals surface area contributed by atoms with Crippen molar-refractivity contribution in [3.63, 3.8) is 0 Å². The number of likely N-dealkylation sites (tertiary alicyclic amines) is 1. The van der Waals surface area contributed by atoms with E-state index < -0.39 is 10.0 Å². The van der Waals surface area contributed by atoms with Gasteiger partial charge in [0.05, 0.1) is 23.5 Å². The molecule has 0 amide bonds. The number of piperidine rings is 1. The molecular formula is C12H21ClN4O2S. The van der Waals surface area contributed by atoms with Crippen LogP contribution in [0.4, 0.5) is 0 Å². The topological polar surface area (TPSA) is 67.2 Å². The molecule has 0 aliphatic carbocycles. The lowest BCUT2D eigenvalue weighted by atomic mass is 10.1. The van der Waals surface area contributed by atoms with Crippen LogP contribution in [-0.2, 0) is 16.6 Å². The van der Waals surface area contributed by atoms with Crippen LogP contribution in [0.1, 0.15) is 19.8 Å². The summed E-state index contributed by atoms with van der Waals surface area (Å²) >= 11 is 5.81. The number of nitrogens with one attached hydrogen (secondary N) is 1. The van der Waals surface area contributed by atoms with Crippen molar-refractivity contribution in [1.82, 2.24) is 19.4 Å². The highest BCUT2D eigenvalue weighted by Gasteiger charge is 2.22. The number of aromatic nitrogens is 2. The number of sulfonamides is 1. The standard InChI is InChI=1S/C12H21ClN4O2S/c1-2-20(18,19)15-12-3-5-16(6-4-12)7-8-17-10-11(13)9-14-17/h9-10,12,15H,2-8H2,1H3. The monoisotopic (exact) mass is 320 g/mol. The van der Waals surface area contributed by atoms with E-state index in [0.29, 0.717) is 5.02 Å². The van der Waals surface area contributed by atoms with E-state index in [1.807, 2.05) is 10.9 Å². The summed E-state index contributed by atoms with van der Waals surface area (Å²) in [5.74, 6) is 0.146. The Labute approximate surface area is 125 Å². The molecule has 1 fully saturated rings. The molecule has 0 saturated carbocycles. The van der Waals surface area contributed by atoms with Gasteiger partial charge in [0.25, 0.3) is 0 Å². The van der Waals surface area contributed by atoms with Crippen LogP contribution in [0.3, 0.4) is 0 Å². The molecule has 2 heterocycles. The fraction of sp³-hybridized carbons (Fsp3) is 0.750. The molecule has 8 heteroatoms. The summed E-state index contributed by atoms with van der Waals surface area (Å²) in [6.07, 6.45) is 5.16. The van der Waals surface area contributed by atoms with E-state index in [1.54, 1.807) is 13.1 Å².